The van der Waals surface area contributed by atoms with Crippen LogP contribution in [0.5, 0.6) is 0 Å². The van der Waals surface area contributed by atoms with Crippen LogP contribution in [0.3, 0.4) is 0 Å². The molecule has 0 saturated carbocycles. The van der Waals surface area contributed by atoms with Crippen molar-refractivity contribution in [1.82, 2.24) is 9.55 Å². The fraction of sp³-hybridized carbons (Fsp3) is 0.500. The summed E-state index contributed by atoms with van der Waals surface area (Å²) in [6.07, 6.45) is 11.0. The molecule has 0 radical (unpaired) electrons. The van der Waals surface area contributed by atoms with E-state index in [9.17, 15) is 0 Å². The first-order chi connectivity index (χ1) is 11.7. The molecule has 2 aromatic rings. The molecule has 132 valence electrons. The molecule has 1 aromatic heterocycles. The van der Waals surface area contributed by atoms with E-state index in [1.165, 1.54) is 31.4 Å². The average Bonchev–Trinajstić information content (AvgIpc) is 3.06. The van der Waals surface area contributed by atoms with Crippen LogP contribution in [-0.4, -0.2) is 26.3 Å². The van der Waals surface area contributed by atoms with Crippen LogP contribution >= 0.6 is 46.7 Å². The first kappa shape index (κ1) is 20.0. The number of benzene rings is 1. The van der Waals surface area contributed by atoms with Gasteiger partial charge in [-0.25, -0.2) is 4.98 Å². The Kier molecular flexibility index (Phi) is 9.47. The van der Waals surface area contributed by atoms with E-state index in [4.69, 9.17) is 23.2 Å². The summed E-state index contributed by atoms with van der Waals surface area (Å²) in [5.41, 5.74) is 0. The molecule has 1 aromatic carbocycles. The number of imidazole rings is 1. The topological polar surface area (TPSA) is 17.8 Å². The Morgan fingerprint density at radius 3 is 2.79 bits per heavy atom. The SMILES string of the molecule is CCCCCCSCC(Cn1ccnc1)Sc1ccc(Cl)cc1Cl. The van der Waals surface area contributed by atoms with Gasteiger partial charge in [0.05, 0.1) is 11.3 Å². The van der Waals surface area contributed by atoms with Crippen LogP contribution in [0.1, 0.15) is 32.6 Å². The summed E-state index contributed by atoms with van der Waals surface area (Å²) in [5.74, 6) is 2.34. The molecular formula is C18H24Cl2N2S2. The maximum absolute atomic E-state index is 6.34. The quantitative estimate of drug-likeness (QED) is 0.308. The van der Waals surface area contributed by atoms with Crippen molar-refractivity contribution < 1.29 is 0 Å². The average molecular weight is 403 g/mol. The summed E-state index contributed by atoms with van der Waals surface area (Å²) in [6, 6.07) is 5.74. The second-order valence-corrected chi connectivity index (χ2v) is 9.05. The molecule has 0 aliphatic carbocycles. The smallest absolute Gasteiger partial charge is 0.0946 e. The molecule has 6 heteroatoms. The number of hydrogen-bond acceptors (Lipinski definition) is 3. The Morgan fingerprint density at radius 1 is 1.21 bits per heavy atom. The fourth-order valence-electron chi connectivity index (χ4n) is 2.35. The van der Waals surface area contributed by atoms with Crippen molar-refractivity contribution in [3.05, 3.63) is 47.0 Å². The van der Waals surface area contributed by atoms with E-state index in [2.05, 4.69) is 16.5 Å². The Hall–Kier alpha value is -0.290. The van der Waals surface area contributed by atoms with Gasteiger partial charge in [-0.05, 0) is 30.4 Å². The second kappa shape index (κ2) is 11.3. The highest BCUT2D eigenvalue weighted by molar-refractivity contribution is 8.03. The number of rotatable bonds is 11. The maximum Gasteiger partial charge on any atom is 0.0946 e. The minimum absolute atomic E-state index is 0.453. The number of halogens is 2. The van der Waals surface area contributed by atoms with Gasteiger partial charge in [-0.15, -0.1) is 11.8 Å². The standard InChI is InChI=1S/C18H24Cl2N2S2/c1-2-3-4-5-10-23-13-16(12-22-9-8-21-14-22)24-18-7-6-15(19)11-17(18)20/h6-9,11,14,16H,2-5,10,12-13H2,1H3. The summed E-state index contributed by atoms with van der Waals surface area (Å²) >= 11 is 16.2. The predicted molar refractivity (Wildman–Crippen MR) is 110 cm³/mol. The van der Waals surface area contributed by atoms with Gasteiger partial charge in [0.25, 0.3) is 0 Å². The van der Waals surface area contributed by atoms with Crippen molar-refractivity contribution in [2.45, 2.75) is 49.3 Å². The summed E-state index contributed by atoms with van der Waals surface area (Å²) in [6.45, 7) is 3.19. The van der Waals surface area contributed by atoms with Crippen molar-refractivity contribution in [3.8, 4) is 0 Å². The van der Waals surface area contributed by atoms with Crippen LogP contribution in [-0.2, 0) is 6.54 Å². The van der Waals surface area contributed by atoms with Crippen LogP contribution in [0, 0.1) is 0 Å². The molecule has 1 heterocycles. The van der Waals surface area contributed by atoms with Crippen molar-refractivity contribution >= 4 is 46.7 Å². The zero-order valence-electron chi connectivity index (χ0n) is 14.0. The third kappa shape index (κ3) is 7.30. The Balaban J connectivity index is 1.89. The lowest BCUT2D eigenvalue weighted by atomic mass is 10.2. The molecule has 0 spiro atoms. The van der Waals surface area contributed by atoms with Crippen molar-refractivity contribution in [2.24, 2.45) is 0 Å². The van der Waals surface area contributed by atoms with E-state index in [1.807, 2.05) is 60.4 Å². The first-order valence-corrected chi connectivity index (χ1v) is 11.1. The van der Waals surface area contributed by atoms with E-state index in [-0.39, 0.29) is 0 Å². The molecule has 1 unspecified atom stereocenters. The molecule has 2 nitrogen and oxygen atoms in total. The summed E-state index contributed by atoms with van der Waals surface area (Å²) in [4.78, 5) is 5.24. The largest absolute Gasteiger partial charge is 0.336 e. The second-order valence-electron chi connectivity index (χ2n) is 5.71. The third-order valence-corrected chi connectivity index (χ3v) is 6.95. The van der Waals surface area contributed by atoms with Crippen LogP contribution < -0.4 is 0 Å². The number of aromatic nitrogens is 2. The van der Waals surface area contributed by atoms with Gasteiger partial charge < -0.3 is 4.57 Å². The van der Waals surface area contributed by atoms with Gasteiger partial charge in [-0.1, -0.05) is 49.4 Å². The van der Waals surface area contributed by atoms with E-state index >= 15 is 0 Å². The molecule has 0 fully saturated rings. The lowest BCUT2D eigenvalue weighted by Gasteiger charge is -2.18. The first-order valence-electron chi connectivity index (χ1n) is 8.34. The van der Waals surface area contributed by atoms with Crippen LogP contribution in [0.25, 0.3) is 0 Å². The molecule has 0 N–H and O–H groups in total. The number of unbranched alkanes of at least 4 members (excludes halogenated alkanes) is 3. The fourth-order valence-corrected chi connectivity index (χ4v) is 5.32. The summed E-state index contributed by atoms with van der Waals surface area (Å²) < 4.78 is 2.14. The van der Waals surface area contributed by atoms with Gasteiger partial charge >= 0.3 is 0 Å². The molecule has 24 heavy (non-hydrogen) atoms. The minimum Gasteiger partial charge on any atom is -0.336 e. The minimum atomic E-state index is 0.453. The highest BCUT2D eigenvalue weighted by Gasteiger charge is 2.14. The molecule has 0 saturated heterocycles. The van der Waals surface area contributed by atoms with Crippen LogP contribution in [0.2, 0.25) is 10.0 Å². The monoisotopic (exact) mass is 402 g/mol. The molecule has 0 aliphatic rings. The summed E-state index contributed by atoms with van der Waals surface area (Å²) in [5, 5.41) is 1.87. The van der Waals surface area contributed by atoms with Crippen LogP contribution in [0.4, 0.5) is 0 Å². The van der Waals surface area contributed by atoms with Gasteiger partial charge in [-0.2, -0.15) is 11.8 Å². The van der Waals surface area contributed by atoms with Crippen molar-refractivity contribution in [3.63, 3.8) is 0 Å². The highest BCUT2D eigenvalue weighted by atomic mass is 35.5. The molecule has 1 atom stereocenters. The zero-order valence-corrected chi connectivity index (χ0v) is 17.1. The number of thioether (sulfide) groups is 2. The third-order valence-electron chi connectivity index (χ3n) is 3.61. The molecule has 0 aliphatic heterocycles. The van der Waals surface area contributed by atoms with Crippen molar-refractivity contribution in [1.29, 1.82) is 0 Å². The van der Waals surface area contributed by atoms with Crippen LogP contribution in [0.15, 0.2) is 41.8 Å². The van der Waals surface area contributed by atoms with Gasteiger partial charge in [0.1, 0.15) is 0 Å². The zero-order chi connectivity index (χ0) is 17.2. The Morgan fingerprint density at radius 2 is 2.08 bits per heavy atom. The maximum atomic E-state index is 6.34. The van der Waals surface area contributed by atoms with E-state index in [0.717, 1.165) is 22.2 Å². The molecular weight excluding hydrogens is 379 g/mol. The summed E-state index contributed by atoms with van der Waals surface area (Å²) in [7, 11) is 0. The Labute approximate surface area is 163 Å². The van der Waals surface area contributed by atoms with Gasteiger partial charge in [0, 0.05) is 39.9 Å². The van der Waals surface area contributed by atoms with Gasteiger partial charge in [-0.3, -0.25) is 0 Å². The number of nitrogens with zero attached hydrogens (tertiary/aromatic N) is 2. The van der Waals surface area contributed by atoms with Gasteiger partial charge in [0.2, 0.25) is 0 Å². The van der Waals surface area contributed by atoms with Gasteiger partial charge in [0.15, 0.2) is 0 Å². The molecule has 2 rings (SSSR count). The van der Waals surface area contributed by atoms with E-state index in [0.29, 0.717) is 10.3 Å². The molecule has 0 amide bonds. The van der Waals surface area contributed by atoms with Crippen molar-refractivity contribution in [2.75, 3.05) is 11.5 Å². The van der Waals surface area contributed by atoms with E-state index in [1.54, 1.807) is 0 Å². The highest BCUT2D eigenvalue weighted by Crippen LogP contribution is 2.34. The normalized spacial score (nSPS) is 12.5. The Bertz CT molecular complexity index is 591. The van der Waals surface area contributed by atoms with E-state index < -0.39 is 0 Å². The lowest BCUT2D eigenvalue weighted by molar-refractivity contribution is 0.692. The predicted octanol–water partition coefficient (Wildman–Crippen LogP) is 6.66. The molecule has 0 bridgehead atoms. The number of hydrogen-bond donors (Lipinski definition) is 0. The lowest BCUT2D eigenvalue weighted by Crippen LogP contribution is -2.15.